The van der Waals surface area contributed by atoms with Crippen LogP contribution in [0.5, 0.6) is 0 Å². The quantitative estimate of drug-likeness (QED) is 0.833. The van der Waals surface area contributed by atoms with Crippen LogP contribution in [0.25, 0.3) is 0 Å². The van der Waals surface area contributed by atoms with Gasteiger partial charge in [-0.2, -0.15) is 0 Å². The van der Waals surface area contributed by atoms with Gasteiger partial charge in [-0.15, -0.1) is 0 Å². The van der Waals surface area contributed by atoms with Crippen LogP contribution in [0.3, 0.4) is 0 Å². The summed E-state index contributed by atoms with van der Waals surface area (Å²) in [7, 11) is 0. The van der Waals surface area contributed by atoms with Gasteiger partial charge in [0.2, 0.25) is 0 Å². The summed E-state index contributed by atoms with van der Waals surface area (Å²) in [5, 5.41) is 3.10. The second-order valence-electron chi connectivity index (χ2n) is 6.01. The molecule has 0 aliphatic heterocycles. The number of nitrogen functional groups attached to an aromatic ring is 1. The van der Waals surface area contributed by atoms with E-state index in [2.05, 4.69) is 19.2 Å². The Labute approximate surface area is 119 Å². The second-order valence-corrected chi connectivity index (χ2v) is 6.01. The van der Waals surface area contributed by atoms with Gasteiger partial charge in [-0.3, -0.25) is 4.79 Å². The van der Waals surface area contributed by atoms with Crippen molar-refractivity contribution < 1.29 is 9.18 Å². The van der Waals surface area contributed by atoms with Crippen LogP contribution in [0.1, 0.15) is 49.9 Å². The molecule has 1 saturated carbocycles. The fourth-order valence-corrected chi connectivity index (χ4v) is 3.07. The summed E-state index contributed by atoms with van der Waals surface area (Å²) in [6, 6.07) is 4.33. The summed E-state index contributed by atoms with van der Waals surface area (Å²) in [4.78, 5) is 12.3. The first kappa shape index (κ1) is 14.8. The first-order valence-corrected chi connectivity index (χ1v) is 7.35. The minimum Gasteiger partial charge on any atom is -0.396 e. The van der Waals surface area contributed by atoms with Gasteiger partial charge in [0.25, 0.3) is 5.91 Å². The number of nitrogens with two attached hydrogens (primary N) is 1. The van der Waals surface area contributed by atoms with Crippen LogP contribution in [0, 0.1) is 17.7 Å². The van der Waals surface area contributed by atoms with E-state index in [1.165, 1.54) is 24.6 Å². The highest BCUT2D eigenvalue weighted by molar-refractivity contribution is 5.95. The highest BCUT2D eigenvalue weighted by Gasteiger charge is 2.28. The molecule has 2 atom stereocenters. The molecule has 4 heteroatoms. The molecule has 1 aromatic carbocycles. The van der Waals surface area contributed by atoms with Crippen molar-refractivity contribution in [1.29, 1.82) is 0 Å². The molecule has 2 rings (SSSR count). The fourth-order valence-electron chi connectivity index (χ4n) is 3.07. The van der Waals surface area contributed by atoms with Gasteiger partial charge >= 0.3 is 0 Å². The maximum Gasteiger partial charge on any atom is 0.251 e. The van der Waals surface area contributed by atoms with Gasteiger partial charge < -0.3 is 11.1 Å². The van der Waals surface area contributed by atoms with Crippen molar-refractivity contribution in [3.05, 3.63) is 29.6 Å². The number of anilines is 1. The SMILES string of the molecule is CC(C)C1CCCCC1NC(=O)c1ccc(F)c(N)c1. The minimum atomic E-state index is -0.487. The van der Waals surface area contributed by atoms with Crippen LogP contribution in [0.15, 0.2) is 18.2 Å². The Hall–Kier alpha value is -1.58. The normalized spacial score (nSPS) is 22.8. The number of carbonyl (C=O) groups excluding carboxylic acids is 1. The van der Waals surface area contributed by atoms with Crippen LogP contribution in [0.4, 0.5) is 10.1 Å². The predicted octanol–water partition coefficient (Wildman–Crippen LogP) is 3.35. The lowest BCUT2D eigenvalue weighted by atomic mass is 9.78. The molecule has 1 aliphatic rings. The molecule has 3 nitrogen and oxygen atoms in total. The van der Waals surface area contributed by atoms with Crippen molar-refractivity contribution in [3.8, 4) is 0 Å². The average Bonchev–Trinajstić information content (AvgIpc) is 2.42. The molecule has 0 bridgehead atoms. The molecular formula is C16H23FN2O. The predicted molar refractivity (Wildman–Crippen MR) is 78.9 cm³/mol. The first-order chi connectivity index (χ1) is 9.49. The smallest absolute Gasteiger partial charge is 0.251 e. The van der Waals surface area contributed by atoms with Gasteiger partial charge in [-0.05, 0) is 42.9 Å². The van der Waals surface area contributed by atoms with Gasteiger partial charge in [0.15, 0.2) is 0 Å². The summed E-state index contributed by atoms with van der Waals surface area (Å²) in [5.74, 6) is 0.429. The highest BCUT2D eigenvalue weighted by Crippen LogP contribution is 2.30. The van der Waals surface area contributed by atoms with Gasteiger partial charge in [-0.1, -0.05) is 26.7 Å². The zero-order chi connectivity index (χ0) is 14.7. The maximum absolute atomic E-state index is 13.1. The summed E-state index contributed by atoms with van der Waals surface area (Å²) < 4.78 is 13.1. The molecule has 0 spiro atoms. The zero-order valence-electron chi connectivity index (χ0n) is 12.2. The lowest BCUT2D eigenvalue weighted by molar-refractivity contribution is 0.0889. The van der Waals surface area contributed by atoms with Gasteiger partial charge in [0.1, 0.15) is 5.82 Å². The Morgan fingerprint density at radius 3 is 2.70 bits per heavy atom. The number of rotatable bonds is 3. The van der Waals surface area contributed by atoms with Crippen LogP contribution >= 0.6 is 0 Å². The lowest BCUT2D eigenvalue weighted by Gasteiger charge is -2.34. The molecule has 110 valence electrons. The Kier molecular flexibility index (Phi) is 4.63. The van der Waals surface area contributed by atoms with E-state index in [-0.39, 0.29) is 17.6 Å². The van der Waals surface area contributed by atoms with Gasteiger partial charge in [-0.25, -0.2) is 4.39 Å². The third-order valence-corrected chi connectivity index (χ3v) is 4.25. The monoisotopic (exact) mass is 278 g/mol. The van der Waals surface area contributed by atoms with Crippen molar-refractivity contribution in [2.45, 2.75) is 45.6 Å². The number of halogens is 1. The molecule has 0 radical (unpaired) electrons. The van der Waals surface area contributed by atoms with Crippen molar-refractivity contribution in [3.63, 3.8) is 0 Å². The minimum absolute atomic E-state index is 0.0155. The molecular weight excluding hydrogens is 255 g/mol. The first-order valence-electron chi connectivity index (χ1n) is 7.35. The summed E-state index contributed by atoms with van der Waals surface area (Å²) in [6.45, 7) is 4.40. The van der Waals surface area contributed by atoms with Crippen LogP contribution in [0.2, 0.25) is 0 Å². The number of benzene rings is 1. The lowest BCUT2D eigenvalue weighted by Crippen LogP contribution is -2.43. The summed E-state index contributed by atoms with van der Waals surface area (Å²) in [5.41, 5.74) is 5.96. The largest absolute Gasteiger partial charge is 0.396 e. The van der Waals surface area contributed by atoms with E-state index >= 15 is 0 Å². The van der Waals surface area contributed by atoms with Gasteiger partial charge in [0.05, 0.1) is 5.69 Å². The van der Waals surface area contributed by atoms with E-state index in [1.807, 2.05) is 0 Å². The zero-order valence-corrected chi connectivity index (χ0v) is 12.2. The number of hydrogen-bond donors (Lipinski definition) is 2. The van der Waals surface area contributed by atoms with Crippen molar-refractivity contribution in [1.82, 2.24) is 5.32 Å². The summed E-state index contributed by atoms with van der Waals surface area (Å²) in [6.07, 6.45) is 4.57. The number of amides is 1. The van der Waals surface area contributed by atoms with Crippen LogP contribution < -0.4 is 11.1 Å². The third kappa shape index (κ3) is 3.30. The Morgan fingerprint density at radius 2 is 2.05 bits per heavy atom. The Bertz CT molecular complexity index is 487. The Balaban J connectivity index is 2.07. The van der Waals surface area contributed by atoms with E-state index in [0.29, 0.717) is 17.4 Å². The molecule has 0 aromatic heterocycles. The molecule has 20 heavy (non-hydrogen) atoms. The van der Waals surface area contributed by atoms with Crippen LogP contribution in [-0.2, 0) is 0 Å². The van der Waals surface area contributed by atoms with E-state index in [9.17, 15) is 9.18 Å². The molecule has 1 aliphatic carbocycles. The molecule has 0 saturated heterocycles. The molecule has 1 aromatic rings. The van der Waals surface area contributed by atoms with Crippen LogP contribution in [-0.4, -0.2) is 11.9 Å². The summed E-state index contributed by atoms with van der Waals surface area (Å²) >= 11 is 0. The number of hydrogen-bond acceptors (Lipinski definition) is 2. The maximum atomic E-state index is 13.1. The topological polar surface area (TPSA) is 55.1 Å². The van der Waals surface area contributed by atoms with Crippen molar-refractivity contribution in [2.75, 3.05) is 5.73 Å². The molecule has 2 unspecified atom stereocenters. The number of carbonyl (C=O) groups is 1. The second kappa shape index (κ2) is 6.25. The van der Waals surface area contributed by atoms with Crippen molar-refractivity contribution >= 4 is 11.6 Å². The number of nitrogens with one attached hydrogen (secondary N) is 1. The highest BCUT2D eigenvalue weighted by atomic mass is 19.1. The van der Waals surface area contributed by atoms with E-state index in [0.717, 1.165) is 19.3 Å². The van der Waals surface area contributed by atoms with E-state index < -0.39 is 5.82 Å². The standard InChI is InChI=1S/C16H23FN2O/c1-10(2)12-5-3-4-6-15(12)19-16(20)11-7-8-13(17)14(18)9-11/h7-10,12,15H,3-6,18H2,1-2H3,(H,19,20). The Morgan fingerprint density at radius 1 is 1.35 bits per heavy atom. The average molecular weight is 278 g/mol. The molecule has 0 heterocycles. The third-order valence-electron chi connectivity index (χ3n) is 4.25. The molecule has 1 amide bonds. The van der Waals surface area contributed by atoms with Crippen molar-refractivity contribution in [2.24, 2.45) is 11.8 Å². The van der Waals surface area contributed by atoms with Gasteiger partial charge in [0, 0.05) is 11.6 Å². The van der Waals surface area contributed by atoms with E-state index in [1.54, 1.807) is 0 Å². The molecule has 3 N–H and O–H groups in total. The molecule has 1 fully saturated rings. The van der Waals surface area contributed by atoms with E-state index in [4.69, 9.17) is 5.73 Å². The fraction of sp³-hybridized carbons (Fsp3) is 0.562.